The molecular weight excluding hydrogens is 248 g/mol. The average Bonchev–Trinajstić information content (AvgIpc) is 3.08. The molecule has 1 aliphatic rings. The molecule has 1 aromatic rings. The van der Waals surface area contributed by atoms with Gasteiger partial charge in [-0.15, -0.1) is 0 Å². The number of carbonyl (C=O) groups is 2. The fourth-order valence-corrected chi connectivity index (χ4v) is 2.52. The molecule has 0 saturated heterocycles. The SMILES string of the molecule is COc1cc(C)c(C)cc1C1(C(=O)O)CC1C(=O)O. The number of carboxylic acid groups (broad SMARTS) is 2. The van der Waals surface area contributed by atoms with E-state index >= 15 is 0 Å². The Morgan fingerprint density at radius 2 is 1.84 bits per heavy atom. The summed E-state index contributed by atoms with van der Waals surface area (Å²) < 4.78 is 5.23. The third kappa shape index (κ3) is 1.85. The van der Waals surface area contributed by atoms with Gasteiger partial charge in [-0.3, -0.25) is 9.59 Å². The zero-order chi connectivity index (χ0) is 14.4. The number of benzene rings is 1. The molecule has 1 fully saturated rings. The van der Waals surface area contributed by atoms with Gasteiger partial charge < -0.3 is 14.9 Å². The minimum Gasteiger partial charge on any atom is -0.496 e. The molecule has 2 rings (SSSR count). The Morgan fingerprint density at radius 3 is 2.26 bits per heavy atom. The monoisotopic (exact) mass is 264 g/mol. The van der Waals surface area contributed by atoms with Crippen LogP contribution in [0.15, 0.2) is 12.1 Å². The maximum Gasteiger partial charge on any atom is 0.315 e. The van der Waals surface area contributed by atoms with Gasteiger partial charge in [0.25, 0.3) is 0 Å². The van der Waals surface area contributed by atoms with Gasteiger partial charge in [0.15, 0.2) is 0 Å². The summed E-state index contributed by atoms with van der Waals surface area (Å²) >= 11 is 0. The van der Waals surface area contributed by atoms with E-state index < -0.39 is 23.3 Å². The molecule has 0 aliphatic heterocycles. The Labute approximate surface area is 110 Å². The molecule has 2 atom stereocenters. The molecule has 0 bridgehead atoms. The second-order valence-electron chi connectivity index (χ2n) is 5.01. The highest BCUT2D eigenvalue weighted by molar-refractivity contribution is 5.95. The fourth-order valence-electron chi connectivity index (χ4n) is 2.52. The Kier molecular flexibility index (Phi) is 3.00. The molecule has 0 amide bonds. The lowest BCUT2D eigenvalue weighted by atomic mass is 9.89. The van der Waals surface area contributed by atoms with E-state index in [0.717, 1.165) is 11.1 Å². The second kappa shape index (κ2) is 4.26. The molecule has 0 spiro atoms. The number of ether oxygens (including phenoxy) is 1. The third-order valence-electron chi connectivity index (χ3n) is 3.94. The molecule has 0 heterocycles. The van der Waals surface area contributed by atoms with Crippen LogP contribution < -0.4 is 4.74 Å². The van der Waals surface area contributed by atoms with Crippen molar-refractivity contribution >= 4 is 11.9 Å². The summed E-state index contributed by atoms with van der Waals surface area (Å²) in [6, 6.07) is 3.48. The van der Waals surface area contributed by atoms with Crippen molar-refractivity contribution in [3.05, 3.63) is 28.8 Å². The lowest BCUT2D eigenvalue weighted by molar-refractivity contribution is -0.145. The van der Waals surface area contributed by atoms with Gasteiger partial charge in [-0.05, 0) is 37.5 Å². The van der Waals surface area contributed by atoms with Crippen LogP contribution in [0.2, 0.25) is 0 Å². The summed E-state index contributed by atoms with van der Waals surface area (Å²) in [7, 11) is 1.46. The zero-order valence-electron chi connectivity index (χ0n) is 11.1. The van der Waals surface area contributed by atoms with Gasteiger partial charge in [0.1, 0.15) is 11.2 Å². The number of methoxy groups -OCH3 is 1. The van der Waals surface area contributed by atoms with E-state index in [1.54, 1.807) is 12.1 Å². The first kappa shape index (κ1) is 13.4. The maximum absolute atomic E-state index is 11.5. The molecule has 1 aliphatic carbocycles. The molecule has 2 unspecified atom stereocenters. The van der Waals surface area contributed by atoms with Gasteiger partial charge in [0.05, 0.1) is 13.0 Å². The van der Waals surface area contributed by atoms with Crippen LogP contribution >= 0.6 is 0 Å². The first-order valence-electron chi connectivity index (χ1n) is 5.96. The first-order valence-corrected chi connectivity index (χ1v) is 5.96. The van der Waals surface area contributed by atoms with Crippen molar-refractivity contribution in [2.75, 3.05) is 7.11 Å². The van der Waals surface area contributed by atoms with Crippen LogP contribution in [0.25, 0.3) is 0 Å². The number of hydrogen-bond acceptors (Lipinski definition) is 3. The van der Waals surface area contributed by atoms with E-state index in [0.29, 0.717) is 11.3 Å². The van der Waals surface area contributed by atoms with Crippen LogP contribution in [0.5, 0.6) is 5.75 Å². The van der Waals surface area contributed by atoms with Crippen LogP contribution in [0.3, 0.4) is 0 Å². The van der Waals surface area contributed by atoms with E-state index in [1.165, 1.54) is 7.11 Å². The van der Waals surface area contributed by atoms with Crippen molar-refractivity contribution in [1.29, 1.82) is 0 Å². The topological polar surface area (TPSA) is 83.8 Å². The van der Waals surface area contributed by atoms with Gasteiger partial charge in [-0.25, -0.2) is 0 Å². The van der Waals surface area contributed by atoms with Crippen LogP contribution in [0, 0.1) is 19.8 Å². The minimum absolute atomic E-state index is 0.108. The van der Waals surface area contributed by atoms with Gasteiger partial charge in [-0.1, -0.05) is 6.07 Å². The highest BCUT2D eigenvalue weighted by atomic mass is 16.5. The molecule has 5 heteroatoms. The summed E-state index contributed by atoms with van der Waals surface area (Å²) in [4.78, 5) is 22.6. The number of rotatable bonds is 4. The normalized spacial score (nSPS) is 24.9. The quantitative estimate of drug-likeness (QED) is 0.865. The number of aliphatic carboxylic acids is 2. The highest BCUT2D eigenvalue weighted by Gasteiger charge is 2.66. The zero-order valence-corrected chi connectivity index (χ0v) is 11.1. The molecule has 0 aromatic heterocycles. The molecule has 5 nitrogen and oxygen atoms in total. The standard InChI is InChI=1S/C14H16O5/c1-7-4-9(11(19-3)5-8(7)2)14(13(17)18)6-10(14)12(15)16/h4-5,10H,6H2,1-3H3,(H,15,16)(H,17,18). The smallest absolute Gasteiger partial charge is 0.315 e. The average molecular weight is 264 g/mol. The largest absolute Gasteiger partial charge is 0.496 e. The highest BCUT2D eigenvalue weighted by Crippen LogP contribution is 2.57. The van der Waals surface area contributed by atoms with Gasteiger partial charge in [0, 0.05) is 5.56 Å². The minimum atomic E-state index is -1.35. The summed E-state index contributed by atoms with van der Waals surface area (Å²) in [6.45, 7) is 3.77. The lowest BCUT2D eigenvalue weighted by Crippen LogP contribution is -2.26. The molecule has 19 heavy (non-hydrogen) atoms. The predicted molar refractivity (Wildman–Crippen MR) is 67.5 cm³/mol. The second-order valence-corrected chi connectivity index (χ2v) is 5.01. The van der Waals surface area contributed by atoms with Gasteiger partial charge >= 0.3 is 11.9 Å². The van der Waals surface area contributed by atoms with Crippen molar-refractivity contribution in [1.82, 2.24) is 0 Å². The number of aryl methyl sites for hydroxylation is 2. The van der Waals surface area contributed by atoms with Crippen molar-refractivity contribution in [3.63, 3.8) is 0 Å². The molecular formula is C14H16O5. The van der Waals surface area contributed by atoms with Crippen molar-refractivity contribution in [3.8, 4) is 5.75 Å². The van der Waals surface area contributed by atoms with Gasteiger partial charge in [-0.2, -0.15) is 0 Å². The number of carboxylic acids is 2. The van der Waals surface area contributed by atoms with Crippen molar-refractivity contribution < 1.29 is 24.5 Å². The summed E-state index contributed by atoms with van der Waals surface area (Å²) in [6.07, 6.45) is 0.108. The van der Waals surface area contributed by atoms with E-state index in [4.69, 9.17) is 9.84 Å². The fraction of sp³-hybridized carbons (Fsp3) is 0.429. The molecule has 1 saturated carbocycles. The van der Waals surface area contributed by atoms with E-state index in [-0.39, 0.29) is 6.42 Å². The summed E-state index contributed by atoms with van der Waals surface area (Å²) in [5.74, 6) is -2.64. The molecule has 2 N–H and O–H groups in total. The van der Waals surface area contributed by atoms with Crippen molar-refractivity contribution in [2.45, 2.75) is 25.7 Å². The lowest BCUT2D eigenvalue weighted by Gasteiger charge is -2.18. The third-order valence-corrected chi connectivity index (χ3v) is 3.94. The van der Waals surface area contributed by atoms with E-state index in [9.17, 15) is 14.7 Å². The Balaban J connectivity index is 2.60. The first-order chi connectivity index (χ1) is 8.84. The Hall–Kier alpha value is -2.04. The predicted octanol–water partition coefficient (Wildman–Crippen LogP) is 1.74. The maximum atomic E-state index is 11.5. The summed E-state index contributed by atoms with van der Waals surface area (Å²) in [5.41, 5.74) is 1.01. The van der Waals surface area contributed by atoms with Crippen molar-refractivity contribution in [2.24, 2.45) is 5.92 Å². The Morgan fingerprint density at radius 1 is 1.26 bits per heavy atom. The van der Waals surface area contributed by atoms with Crippen LogP contribution in [0.1, 0.15) is 23.1 Å². The van der Waals surface area contributed by atoms with Crippen LogP contribution in [-0.2, 0) is 15.0 Å². The van der Waals surface area contributed by atoms with Gasteiger partial charge in [0.2, 0.25) is 0 Å². The van der Waals surface area contributed by atoms with Crippen LogP contribution in [0.4, 0.5) is 0 Å². The molecule has 102 valence electrons. The number of hydrogen-bond donors (Lipinski definition) is 2. The molecule has 1 aromatic carbocycles. The summed E-state index contributed by atoms with van der Waals surface area (Å²) in [5, 5.41) is 18.5. The van der Waals surface area contributed by atoms with E-state index in [1.807, 2.05) is 13.8 Å². The Bertz CT molecular complexity index is 563. The van der Waals surface area contributed by atoms with E-state index in [2.05, 4.69) is 0 Å². The molecule has 0 radical (unpaired) electrons. The van der Waals surface area contributed by atoms with Crippen LogP contribution in [-0.4, -0.2) is 29.3 Å².